The zero-order valence-electron chi connectivity index (χ0n) is 19.8. The molecule has 1 atom stereocenters. The summed E-state index contributed by atoms with van der Waals surface area (Å²) in [6.07, 6.45) is 1.44. The molecular formula is C27H33NO5. The van der Waals surface area contributed by atoms with Crippen molar-refractivity contribution >= 4 is 17.4 Å². The van der Waals surface area contributed by atoms with E-state index >= 15 is 0 Å². The molecule has 1 fully saturated rings. The van der Waals surface area contributed by atoms with Crippen molar-refractivity contribution in [3.8, 4) is 5.75 Å². The lowest BCUT2D eigenvalue weighted by molar-refractivity contribution is -0.140. The van der Waals surface area contributed by atoms with Gasteiger partial charge >= 0.3 is 0 Å². The third-order valence-corrected chi connectivity index (χ3v) is 5.79. The predicted molar refractivity (Wildman–Crippen MR) is 128 cm³/mol. The number of likely N-dealkylation sites (tertiary alicyclic amines) is 1. The molecule has 2 aromatic carbocycles. The molecular weight excluding hydrogens is 418 g/mol. The third kappa shape index (κ3) is 5.45. The molecule has 2 aromatic rings. The molecule has 0 bridgehead atoms. The first-order chi connectivity index (χ1) is 15.9. The fourth-order valence-electron chi connectivity index (χ4n) is 4.01. The lowest BCUT2D eigenvalue weighted by Crippen LogP contribution is -2.31. The van der Waals surface area contributed by atoms with Crippen molar-refractivity contribution in [3.05, 3.63) is 70.8 Å². The molecule has 3 rings (SSSR count). The van der Waals surface area contributed by atoms with Gasteiger partial charge in [0.05, 0.1) is 18.2 Å². The number of amides is 1. The van der Waals surface area contributed by atoms with Gasteiger partial charge in [-0.3, -0.25) is 9.59 Å². The van der Waals surface area contributed by atoms with Crippen LogP contribution in [0.25, 0.3) is 5.76 Å². The van der Waals surface area contributed by atoms with Crippen LogP contribution in [0, 0.1) is 0 Å². The Bertz CT molecular complexity index is 1010. The molecule has 0 spiro atoms. The number of nitrogens with zero attached hydrogens (tertiary/aromatic N) is 1. The third-order valence-electron chi connectivity index (χ3n) is 5.79. The second-order valence-electron chi connectivity index (χ2n) is 8.54. The Morgan fingerprint density at radius 3 is 2.45 bits per heavy atom. The predicted octanol–water partition coefficient (Wildman–Crippen LogP) is 5.06. The summed E-state index contributed by atoms with van der Waals surface area (Å²) in [5.41, 5.74) is 2.50. The van der Waals surface area contributed by atoms with E-state index in [9.17, 15) is 14.7 Å². The number of hydrogen-bond acceptors (Lipinski definition) is 5. The number of hydrogen-bond donors (Lipinski definition) is 1. The standard InChI is InChI=1S/C27H33NO5/c1-5-15-33-22-9-6-8-21(17-22)25(29)23-24(20-12-10-19(11-13-20)18(2)3)28(14-7-16-32-4)27(31)26(23)30/h6,8-13,17-18,24,29H,5,7,14-16H2,1-4H3. The van der Waals surface area contributed by atoms with E-state index in [0.717, 1.165) is 17.5 Å². The van der Waals surface area contributed by atoms with Crippen molar-refractivity contribution in [1.29, 1.82) is 0 Å². The number of methoxy groups -OCH3 is 1. The molecule has 1 heterocycles. The summed E-state index contributed by atoms with van der Waals surface area (Å²) < 4.78 is 10.8. The number of carbonyl (C=O) groups is 2. The van der Waals surface area contributed by atoms with Gasteiger partial charge in [0.25, 0.3) is 11.7 Å². The molecule has 1 N–H and O–H groups in total. The fourth-order valence-corrected chi connectivity index (χ4v) is 4.01. The average molecular weight is 452 g/mol. The van der Waals surface area contributed by atoms with Gasteiger partial charge < -0.3 is 19.5 Å². The Kier molecular flexibility index (Phi) is 8.28. The van der Waals surface area contributed by atoms with Crippen LogP contribution in [0.3, 0.4) is 0 Å². The van der Waals surface area contributed by atoms with Crippen LogP contribution in [0.4, 0.5) is 0 Å². The van der Waals surface area contributed by atoms with Crippen molar-refractivity contribution < 1.29 is 24.2 Å². The van der Waals surface area contributed by atoms with Gasteiger partial charge in [0.1, 0.15) is 11.5 Å². The monoisotopic (exact) mass is 451 g/mol. The molecule has 0 radical (unpaired) electrons. The zero-order chi connectivity index (χ0) is 24.0. The van der Waals surface area contributed by atoms with E-state index in [1.54, 1.807) is 31.4 Å². The number of rotatable bonds is 10. The van der Waals surface area contributed by atoms with Crippen molar-refractivity contribution in [2.45, 2.75) is 45.6 Å². The molecule has 1 saturated heterocycles. The molecule has 1 aliphatic rings. The lowest BCUT2D eigenvalue weighted by Gasteiger charge is -2.25. The maximum absolute atomic E-state index is 13.1. The first-order valence-electron chi connectivity index (χ1n) is 11.5. The van der Waals surface area contributed by atoms with Crippen LogP contribution in [0.15, 0.2) is 54.1 Å². The van der Waals surface area contributed by atoms with Crippen LogP contribution in [0.1, 0.15) is 62.3 Å². The minimum absolute atomic E-state index is 0.0994. The average Bonchev–Trinajstić information content (AvgIpc) is 3.07. The Morgan fingerprint density at radius 2 is 1.82 bits per heavy atom. The minimum Gasteiger partial charge on any atom is -0.507 e. The SMILES string of the molecule is CCCOc1cccc(C(O)=C2C(=O)C(=O)N(CCCOC)C2c2ccc(C(C)C)cc2)c1. The normalized spacial score (nSPS) is 17.7. The number of aliphatic hydroxyl groups is 1. The smallest absolute Gasteiger partial charge is 0.295 e. The lowest BCUT2D eigenvalue weighted by atomic mass is 9.93. The van der Waals surface area contributed by atoms with Gasteiger partial charge in [0, 0.05) is 25.8 Å². The van der Waals surface area contributed by atoms with Gasteiger partial charge in [-0.15, -0.1) is 0 Å². The van der Waals surface area contributed by atoms with Crippen LogP contribution in [0.5, 0.6) is 5.75 Å². The summed E-state index contributed by atoms with van der Waals surface area (Å²) in [5.74, 6) is -0.514. The van der Waals surface area contributed by atoms with Crippen molar-refractivity contribution in [2.24, 2.45) is 0 Å². The van der Waals surface area contributed by atoms with Crippen LogP contribution < -0.4 is 4.74 Å². The zero-order valence-corrected chi connectivity index (χ0v) is 19.8. The molecule has 6 heteroatoms. The van der Waals surface area contributed by atoms with Crippen molar-refractivity contribution in [2.75, 3.05) is 26.9 Å². The van der Waals surface area contributed by atoms with E-state index in [1.807, 2.05) is 31.2 Å². The topological polar surface area (TPSA) is 76.1 Å². The summed E-state index contributed by atoms with van der Waals surface area (Å²) in [5, 5.41) is 11.2. The van der Waals surface area contributed by atoms with E-state index in [4.69, 9.17) is 9.47 Å². The number of aliphatic hydroxyl groups excluding tert-OH is 1. The number of carbonyl (C=O) groups excluding carboxylic acids is 2. The molecule has 0 aliphatic carbocycles. The number of benzene rings is 2. The van der Waals surface area contributed by atoms with Gasteiger partial charge in [0.15, 0.2) is 0 Å². The summed E-state index contributed by atoms with van der Waals surface area (Å²) >= 11 is 0. The van der Waals surface area contributed by atoms with E-state index < -0.39 is 17.7 Å². The van der Waals surface area contributed by atoms with Crippen molar-refractivity contribution in [1.82, 2.24) is 4.90 Å². The molecule has 176 valence electrons. The Morgan fingerprint density at radius 1 is 1.09 bits per heavy atom. The Labute approximate surface area is 195 Å². The molecule has 33 heavy (non-hydrogen) atoms. The first-order valence-corrected chi connectivity index (χ1v) is 11.5. The van der Waals surface area contributed by atoms with Gasteiger partial charge in [-0.1, -0.05) is 57.2 Å². The highest BCUT2D eigenvalue weighted by Crippen LogP contribution is 2.40. The van der Waals surface area contributed by atoms with E-state index in [-0.39, 0.29) is 11.3 Å². The summed E-state index contributed by atoms with van der Waals surface area (Å²) in [6, 6.07) is 14.2. The van der Waals surface area contributed by atoms with Gasteiger partial charge in [-0.05, 0) is 42.0 Å². The second kappa shape index (κ2) is 11.1. The Hall–Kier alpha value is -3.12. The highest BCUT2D eigenvalue weighted by molar-refractivity contribution is 6.46. The summed E-state index contributed by atoms with van der Waals surface area (Å²) in [7, 11) is 1.60. The largest absolute Gasteiger partial charge is 0.507 e. The highest BCUT2D eigenvalue weighted by Gasteiger charge is 2.45. The van der Waals surface area contributed by atoms with E-state index in [0.29, 0.717) is 43.4 Å². The first kappa shape index (κ1) is 24.5. The number of ether oxygens (including phenoxy) is 2. The Balaban J connectivity index is 2.08. The van der Waals surface area contributed by atoms with Gasteiger partial charge in [-0.25, -0.2) is 0 Å². The number of Topliss-reactive ketones (excluding diaryl/α,β-unsaturated/α-hetero) is 1. The second-order valence-corrected chi connectivity index (χ2v) is 8.54. The maximum Gasteiger partial charge on any atom is 0.295 e. The van der Waals surface area contributed by atoms with Gasteiger partial charge in [0.2, 0.25) is 0 Å². The fraction of sp³-hybridized carbons (Fsp3) is 0.407. The van der Waals surface area contributed by atoms with E-state index in [1.165, 1.54) is 4.90 Å². The van der Waals surface area contributed by atoms with Crippen LogP contribution in [-0.4, -0.2) is 48.6 Å². The summed E-state index contributed by atoms with van der Waals surface area (Å²) in [4.78, 5) is 27.6. The van der Waals surface area contributed by atoms with Crippen molar-refractivity contribution in [3.63, 3.8) is 0 Å². The molecule has 1 aliphatic heterocycles. The highest BCUT2D eigenvalue weighted by atomic mass is 16.5. The molecule has 0 saturated carbocycles. The quantitative estimate of drug-likeness (QED) is 0.237. The molecule has 1 unspecified atom stereocenters. The van der Waals surface area contributed by atoms with E-state index in [2.05, 4.69) is 13.8 Å². The molecule has 6 nitrogen and oxygen atoms in total. The van der Waals surface area contributed by atoms with Gasteiger partial charge in [-0.2, -0.15) is 0 Å². The molecule has 1 amide bonds. The van der Waals surface area contributed by atoms with Crippen LogP contribution in [0.2, 0.25) is 0 Å². The molecule has 0 aromatic heterocycles. The number of ketones is 1. The minimum atomic E-state index is -0.678. The summed E-state index contributed by atoms with van der Waals surface area (Å²) in [6.45, 7) is 7.61. The maximum atomic E-state index is 13.1. The van der Waals surface area contributed by atoms with Crippen LogP contribution >= 0.6 is 0 Å². The van der Waals surface area contributed by atoms with Crippen LogP contribution in [-0.2, 0) is 14.3 Å².